The second-order valence-electron chi connectivity index (χ2n) is 6.46. The van der Waals surface area contributed by atoms with Crippen LogP contribution in [0, 0.1) is 11.3 Å². The number of imidazole rings is 1. The number of fused-ring (bicyclic) bond motifs is 1. The Kier molecular flexibility index (Phi) is 3.65. The van der Waals surface area contributed by atoms with Crippen molar-refractivity contribution in [3.05, 3.63) is 30.1 Å². The largest absolute Gasteiger partial charge is 0.393 e. The van der Waals surface area contributed by atoms with Gasteiger partial charge >= 0.3 is 0 Å². The number of rotatable bonds is 3. The van der Waals surface area contributed by atoms with Crippen molar-refractivity contribution in [1.82, 2.24) is 9.55 Å². The highest BCUT2D eigenvalue weighted by Gasteiger charge is 2.41. The molecule has 2 atom stereocenters. The van der Waals surface area contributed by atoms with Gasteiger partial charge in [-0.25, -0.2) is 4.98 Å². The van der Waals surface area contributed by atoms with Crippen molar-refractivity contribution in [2.24, 2.45) is 5.73 Å². The summed E-state index contributed by atoms with van der Waals surface area (Å²) in [7, 11) is 0. The Bertz CT molecular complexity index is 735. The van der Waals surface area contributed by atoms with E-state index in [1.807, 2.05) is 10.6 Å². The molecule has 0 saturated heterocycles. The maximum absolute atomic E-state index is 10.3. The molecule has 0 spiro atoms. The van der Waals surface area contributed by atoms with Crippen molar-refractivity contribution in [2.45, 2.75) is 43.4 Å². The average molecular weight is 300 g/mol. The van der Waals surface area contributed by atoms with Gasteiger partial charge in [-0.1, -0.05) is 0 Å². The maximum Gasteiger partial charge on any atom is 0.0992 e. The molecular formula is C16H20N4O2. The van der Waals surface area contributed by atoms with E-state index in [-0.39, 0.29) is 6.61 Å². The van der Waals surface area contributed by atoms with Crippen molar-refractivity contribution in [1.29, 1.82) is 5.26 Å². The van der Waals surface area contributed by atoms with Crippen molar-refractivity contribution >= 4 is 11.0 Å². The number of hydrogen-bond donors (Lipinski definition) is 3. The minimum Gasteiger partial charge on any atom is -0.393 e. The Balaban J connectivity index is 1.91. The Morgan fingerprint density at radius 2 is 2.23 bits per heavy atom. The highest BCUT2D eigenvalue weighted by molar-refractivity contribution is 5.77. The van der Waals surface area contributed by atoms with Crippen LogP contribution in [0.1, 0.15) is 31.2 Å². The summed E-state index contributed by atoms with van der Waals surface area (Å²) in [4.78, 5) is 4.33. The standard InChI is InChI=1S/C16H20N4O2/c17-7-12-2-3-13-14(6-12)20(11-19-13)9-15(18)4-1-5-16(22,8-15)10-21/h2-3,6,11,21-22H,1,4-5,8-10,18H2/t15-,16?/m1/s1. The van der Waals surface area contributed by atoms with Gasteiger partial charge in [-0.15, -0.1) is 0 Å². The predicted molar refractivity (Wildman–Crippen MR) is 81.9 cm³/mol. The van der Waals surface area contributed by atoms with Gasteiger partial charge in [-0.05, 0) is 43.9 Å². The fourth-order valence-electron chi connectivity index (χ4n) is 3.46. The quantitative estimate of drug-likeness (QED) is 0.780. The van der Waals surface area contributed by atoms with Crippen LogP contribution in [0.25, 0.3) is 11.0 Å². The van der Waals surface area contributed by atoms with Crippen LogP contribution < -0.4 is 5.73 Å². The van der Waals surface area contributed by atoms with Gasteiger partial charge in [0.15, 0.2) is 0 Å². The summed E-state index contributed by atoms with van der Waals surface area (Å²) in [6, 6.07) is 7.48. The SMILES string of the molecule is N#Cc1ccc2ncn(C[C@@]3(N)CCCC(O)(CO)C3)c2c1. The van der Waals surface area contributed by atoms with E-state index in [4.69, 9.17) is 11.0 Å². The van der Waals surface area contributed by atoms with Crippen LogP contribution in [-0.2, 0) is 6.54 Å². The first-order valence-electron chi connectivity index (χ1n) is 7.44. The normalized spacial score (nSPS) is 28.6. The molecule has 0 aliphatic heterocycles. The van der Waals surface area contributed by atoms with Gasteiger partial charge in [0, 0.05) is 12.1 Å². The van der Waals surface area contributed by atoms with Crippen LogP contribution in [0.15, 0.2) is 24.5 Å². The Hall–Kier alpha value is -1.94. The Morgan fingerprint density at radius 3 is 2.95 bits per heavy atom. The molecule has 0 bridgehead atoms. The summed E-state index contributed by atoms with van der Waals surface area (Å²) >= 11 is 0. The van der Waals surface area contributed by atoms with Gasteiger partial charge in [-0.2, -0.15) is 5.26 Å². The van der Waals surface area contributed by atoms with Crippen molar-refractivity contribution in [3.63, 3.8) is 0 Å². The average Bonchev–Trinajstić information content (AvgIpc) is 2.88. The number of nitrogens with zero attached hydrogens (tertiary/aromatic N) is 3. The van der Waals surface area contributed by atoms with Crippen molar-refractivity contribution in [2.75, 3.05) is 6.61 Å². The lowest BCUT2D eigenvalue weighted by Crippen LogP contribution is -2.55. The first-order chi connectivity index (χ1) is 10.5. The van der Waals surface area contributed by atoms with E-state index < -0.39 is 11.1 Å². The first-order valence-corrected chi connectivity index (χ1v) is 7.44. The van der Waals surface area contributed by atoms with Gasteiger partial charge < -0.3 is 20.5 Å². The summed E-state index contributed by atoms with van der Waals surface area (Å²) in [6.45, 7) is 0.232. The number of hydrogen-bond acceptors (Lipinski definition) is 5. The van der Waals surface area contributed by atoms with E-state index in [1.165, 1.54) is 0 Å². The van der Waals surface area contributed by atoms with Crippen LogP contribution in [0.2, 0.25) is 0 Å². The molecule has 1 aliphatic rings. The maximum atomic E-state index is 10.3. The molecule has 1 unspecified atom stereocenters. The second-order valence-corrected chi connectivity index (χ2v) is 6.46. The zero-order valence-corrected chi connectivity index (χ0v) is 12.4. The summed E-state index contributed by atoms with van der Waals surface area (Å²) < 4.78 is 1.93. The van der Waals surface area contributed by atoms with Crippen LogP contribution in [0.3, 0.4) is 0 Å². The Labute approximate surface area is 128 Å². The van der Waals surface area contributed by atoms with Gasteiger partial charge in [0.05, 0.1) is 41.2 Å². The third-order valence-corrected chi connectivity index (χ3v) is 4.53. The molecule has 4 N–H and O–H groups in total. The van der Waals surface area contributed by atoms with Gasteiger partial charge in [0.25, 0.3) is 0 Å². The number of benzene rings is 1. The van der Waals surface area contributed by atoms with E-state index in [0.717, 1.165) is 23.9 Å². The van der Waals surface area contributed by atoms with E-state index in [1.54, 1.807) is 18.5 Å². The second kappa shape index (κ2) is 5.36. The van der Waals surface area contributed by atoms with Crippen LogP contribution in [-0.4, -0.2) is 37.5 Å². The molecule has 0 amide bonds. The van der Waals surface area contributed by atoms with Gasteiger partial charge in [0.1, 0.15) is 0 Å². The fourth-order valence-corrected chi connectivity index (χ4v) is 3.46. The molecular weight excluding hydrogens is 280 g/mol. The van der Waals surface area contributed by atoms with Crippen LogP contribution >= 0.6 is 0 Å². The molecule has 1 aromatic carbocycles. The topological polar surface area (TPSA) is 108 Å². The number of aliphatic hydroxyl groups excluding tert-OH is 1. The third kappa shape index (κ3) is 2.71. The molecule has 1 aromatic heterocycles. The minimum atomic E-state index is -1.10. The van der Waals surface area contributed by atoms with E-state index in [2.05, 4.69) is 11.1 Å². The van der Waals surface area contributed by atoms with Gasteiger partial charge in [-0.3, -0.25) is 0 Å². The molecule has 116 valence electrons. The molecule has 1 aliphatic carbocycles. The number of aromatic nitrogens is 2. The molecule has 6 nitrogen and oxygen atoms in total. The lowest BCUT2D eigenvalue weighted by molar-refractivity contribution is -0.0653. The lowest BCUT2D eigenvalue weighted by atomic mass is 9.73. The predicted octanol–water partition coefficient (Wildman–Crippen LogP) is 0.903. The number of nitrogens with two attached hydrogens (primary N) is 1. The van der Waals surface area contributed by atoms with Crippen LogP contribution in [0.4, 0.5) is 0 Å². The molecule has 1 heterocycles. The monoisotopic (exact) mass is 300 g/mol. The van der Waals surface area contributed by atoms with Crippen LogP contribution in [0.5, 0.6) is 0 Å². The lowest BCUT2D eigenvalue weighted by Gasteiger charge is -2.42. The third-order valence-electron chi connectivity index (χ3n) is 4.53. The van der Waals surface area contributed by atoms with Crippen molar-refractivity contribution < 1.29 is 10.2 Å². The zero-order valence-electron chi connectivity index (χ0n) is 12.4. The molecule has 1 saturated carbocycles. The smallest absolute Gasteiger partial charge is 0.0992 e. The summed E-state index contributed by atoms with van der Waals surface area (Å²) in [5, 5.41) is 28.8. The molecule has 3 rings (SSSR count). The minimum absolute atomic E-state index is 0.269. The molecule has 2 aromatic rings. The first kappa shape index (κ1) is 15.0. The molecule has 0 radical (unpaired) electrons. The van der Waals surface area contributed by atoms with Crippen molar-refractivity contribution in [3.8, 4) is 6.07 Å². The Morgan fingerprint density at radius 1 is 1.41 bits per heavy atom. The summed E-state index contributed by atoms with van der Waals surface area (Å²) in [5.74, 6) is 0. The fraction of sp³-hybridized carbons (Fsp3) is 0.500. The number of aliphatic hydroxyl groups is 2. The van der Waals surface area contributed by atoms with E-state index >= 15 is 0 Å². The van der Waals surface area contributed by atoms with E-state index in [0.29, 0.717) is 24.9 Å². The highest BCUT2D eigenvalue weighted by atomic mass is 16.3. The van der Waals surface area contributed by atoms with Gasteiger partial charge in [0.2, 0.25) is 0 Å². The van der Waals surface area contributed by atoms with E-state index in [9.17, 15) is 10.2 Å². The molecule has 1 fully saturated rings. The summed E-state index contributed by atoms with van der Waals surface area (Å²) in [6.07, 6.45) is 4.21. The number of nitriles is 1. The highest BCUT2D eigenvalue weighted by Crippen LogP contribution is 2.35. The summed E-state index contributed by atoms with van der Waals surface area (Å²) in [5.41, 5.74) is 7.05. The molecule has 6 heteroatoms. The molecule has 22 heavy (non-hydrogen) atoms. The zero-order chi connectivity index (χ0) is 15.8.